The van der Waals surface area contributed by atoms with E-state index in [1.807, 2.05) is 6.92 Å². The molecule has 90 valence electrons. The lowest BCUT2D eigenvalue weighted by molar-refractivity contribution is 0.457. The Kier molecular flexibility index (Phi) is 6.41. The van der Waals surface area contributed by atoms with Gasteiger partial charge in [0.2, 0.25) is 0 Å². The van der Waals surface area contributed by atoms with Crippen molar-refractivity contribution in [3.05, 3.63) is 39.3 Å². The molecule has 1 rings (SSSR count). The van der Waals surface area contributed by atoms with E-state index in [9.17, 15) is 5.11 Å². The second-order valence-electron chi connectivity index (χ2n) is 3.59. The average Bonchev–Trinajstić information content (AvgIpc) is 2.09. The molecule has 0 unspecified atom stereocenters. The zero-order valence-corrected chi connectivity index (χ0v) is 12.0. The normalized spacial score (nSPS) is 11.8. The summed E-state index contributed by atoms with van der Waals surface area (Å²) < 4.78 is 0.558. The first kappa shape index (κ1) is 15.8. The molecular weight excluding hydrogens is 313 g/mol. The molecule has 16 heavy (non-hydrogen) atoms. The Hall–Kier alpha value is -0.220. The summed E-state index contributed by atoms with van der Waals surface area (Å²) in [6.07, 6.45) is 0.625. The van der Waals surface area contributed by atoms with Crippen LogP contribution >= 0.6 is 39.9 Å². The van der Waals surface area contributed by atoms with Crippen LogP contribution in [0.15, 0.2) is 28.8 Å². The molecule has 0 bridgehead atoms. The molecule has 0 fully saturated rings. The minimum Gasteiger partial charge on any atom is -0.506 e. The van der Waals surface area contributed by atoms with Crippen molar-refractivity contribution in [1.82, 2.24) is 0 Å². The first-order valence-electron chi connectivity index (χ1n) is 4.49. The zero-order chi connectivity index (χ0) is 11.6. The van der Waals surface area contributed by atoms with Crippen LogP contribution < -0.4 is 5.73 Å². The highest BCUT2D eigenvalue weighted by atomic mass is 79.9. The Bertz CT molecular complexity index is 396. The van der Waals surface area contributed by atoms with Gasteiger partial charge in [-0.3, -0.25) is 0 Å². The van der Waals surface area contributed by atoms with Crippen LogP contribution in [0.3, 0.4) is 0 Å². The predicted molar refractivity (Wildman–Crippen MR) is 74.4 cm³/mol. The second kappa shape index (κ2) is 6.50. The minimum absolute atomic E-state index is 0. The summed E-state index contributed by atoms with van der Waals surface area (Å²) >= 11 is 9.10. The standard InChI is InChI=1S/C11H13BrClNO.ClH/c1-6(2)3-10(14)8-4-7(13)5-9(12)11(8)15;/h4-5,10,15H,1,3,14H2,2H3;1H/t10-;/m1./s1. The fraction of sp³-hybridized carbons (Fsp3) is 0.273. The number of hydrogen-bond acceptors (Lipinski definition) is 2. The number of benzene rings is 1. The number of phenols is 1. The monoisotopic (exact) mass is 325 g/mol. The highest BCUT2D eigenvalue weighted by Gasteiger charge is 2.14. The van der Waals surface area contributed by atoms with Crippen LogP contribution in [0.25, 0.3) is 0 Å². The molecule has 0 aliphatic heterocycles. The molecule has 1 aromatic carbocycles. The summed E-state index contributed by atoms with van der Waals surface area (Å²) in [5.74, 6) is 0.146. The third-order valence-electron chi connectivity index (χ3n) is 2.03. The molecule has 0 aliphatic rings. The summed E-state index contributed by atoms with van der Waals surface area (Å²) in [6, 6.07) is 3.03. The first-order chi connectivity index (χ1) is 6.91. The van der Waals surface area contributed by atoms with Crippen LogP contribution in [0, 0.1) is 0 Å². The molecule has 2 nitrogen and oxygen atoms in total. The van der Waals surface area contributed by atoms with E-state index < -0.39 is 0 Å². The highest BCUT2D eigenvalue weighted by molar-refractivity contribution is 9.10. The average molecular weight is 327 g/mol. The summed E-state index contributed by atoms with van der Waals surface area (Å²) in [5, 5.41) is 10.3. The molecular formula is C11H14BrCl2NO. The van der Waals surface area contributed by atoms with Crippen molar-refractivity contribution < 1.29 is 5.11 Å². The van der Waals surface area contributed by atoms with E-state index in [0.29, 0.717) is 21.5 Å². The quantitative estimate of drug-likeness (QED) is 0.818. The lowest BCUT2D eigenvalue weighted by Crippen LogP contribution is -2.10. The molecule has 1 atom stereocenters. The smallest absolute Gasteiger partial charge is 0.134 e. The van der Waals surface area contributed by atoms with Gasteiger partial charge in [0.15, 0.2) is 0 Å². The summed E-state index contributed by atoms with van der Waals surface area (Å²) in [5.41, 5.74) is 7.54. The molecule has 0 amide bonds. The van der Waals surface area contributed by atoms with Gasteiger partial charge in [-0.15, -0.1) is 19.0 Å². The van der Waals surface area contributed by atoms with Crippen LogP contribution in [-0.4, -0.2) is 5.11 Å². The number of aromatic hydroxyl groups is 1. The molecule has 0 heterocycles. The van der Waals surface area contributed by atoms with Gasteiger partial charge in [0.05, 0.1) is 4.47 Å². The second-order valence-corrected chi connectivity index (χ2v) is 4.88. The van der Waals surface area contributed by atoms with E-state index in [-0.39, 0.29) is 24.2 Å². The van der Waals surface area contributed by atoms with Gasteiger partial charge in [-0.2, -0.15) is 0 Å². The Balaban J connectivity index is 0.00000225. The van der Waals surface area contributed by atoms with Gasteiger partial charge in [0.1, 0.15) is 5.75 Å². The van der Waals surface area contributed by atoms with Crippen molar-refractivity contribution in [2.75, 3.05) is 0 Å². The maximum atomic E-state index is 9.79. The van der Waals surface area contributed by atoms with Crippen LogP contribution in [0.5, 0.6) is 5.75 Å². The lowest BCUT2D eigenvalue weighted by atomic mass is 10.0. The maximum Gasteiger partial charge on any atom is 0.134 e. The fourth-order valence-electron chi connectivity index (χ4n) is 1.35. The van der Waals surface area contributed by atoms with Crippen molar-refractivity contribution in [2.24, 2.45) is 5.73 Å². The Morgan fingerprint density at radius 3 is 2.69 bits per heavy atom. The van der Waals surface area contributed by atoms with Crippen LogP contribution in [0.4, 0.5) is 0 Å². The number of rotatable bonds is 3. The SMILES string of the molecule is C=C(C)C[C@@H](N)c1cc(Cl)cc(Br)c1O.Cl. The number of halogens is 3. The summed E-state index contributed by atoms with van der Waals surface area (Å²) in [7, 11) is 0. The third-order valence-corrected chi connectivity index (χ3v) is 2.85. The van der Waals surface area contributed by atoms with Gasteiger partial charge in [-0.25, -0.2) is 0 Å². The van der Waals surface area contributed by atoms with Crippen molar-refractivity contribution in [3.63, 3.8) is 0 Å². The van der Waals surface area contributed by atoms with Gasteiger partial charge < -0.3 is 10.8 Å². The molecule has 1 aromatic rings. The van der Waals surface area contributed by atoms with E-state index in [1.165, 1.54) is 0 Å². The van der Waals surface area contributed by atoms with Crippen LogP contribution in [0.1, 0.15) is 24.9 Å². The van der Waals surface area contributed by atoms with E-state index in [0.717, 1.165) is 5.57 Å². The van der Waals surface area contributed by atoms with Gasteiger partial charge >= 0.3 is 0 Å². The number of nitrogens with two attached hydrogens (primary N) is 1. The molecule has 0 spiro atoms. The van der Waals surface area contributed by atoms with Gasteiger partial charge in [0, 0.05) is 16.6 Å². The minimum atomic E-state index is -0.280. The summed E-state index contributed by atoms with van der Waals surface area (Å²) in [4.78, 5) is 0. The molecule has 0 saturated heterocycles. The predicted octanol–water partition coefficient (Wildman–Crippen LogP) is 4.20. The highest BCUT2D eigenvalue weighted by Crippen LogP contribution is 2.35. The van der Waals surface area contributed by atoms with Crippen molar-refractivity contribution >= 4 is 39.9 Å². The van der Waals surface area contributed by atoms with Gasteiger partial charge in [-0.1, -0.05) is 17.2 Å². The van der Waals surface area contributed by atoms with E-state index in [2.05, 4.69) is 22.5 Å². The van der Waals surface area contributed by atoms with Gasteiger partial charge in [0.25, 0.3) is 0 Å². The molecule has 3 N–H and O–H groups in total. The fourth-order valence-corrected chi connectivity index (χ4v) is 2.19. The molecule has 0 aliphatic carbocycles. The lowest BCUT2D eigenvalue weighted by Gasteiger charge is -2.15. The maximum absolute atomic E-state index is 9.79. The summed E-state index contributed by atoms with van der Waals surface area (Å²) in [6.45, 7) is 5.69. The number of phenolic OH excluding ortho intramolecular Hbond substituents is 1. The Morgan fingerprint density at radius 1 is 1.62 bits per heavy atom. The third kappa shape index (κ3) is 3.98. The first-order valence-corrected chi connectivity index (χ1v) is 5.66. The van der Waals surface area contributed by atoms with Crippen molar-refractivity contribution in [1.29, 1.82) is 0 Å². The number of hydrogen-bond donors (Lipinski definition) is 2. The van der Waals surface area contributed by atoms with Crippen LogP contribution in [0.2, 0.25) is 5.02 Å². The molecule has 5 heteroatoms. The van der Waals surface area contributed by atoms with Crippen molar-refractivity contribution in [3.8, 4) is 5.75 Å². The van der Waals surface area contributed by atoms with Gasteiger partial charge in [-0.05, 0) is 41.4 Å². The molecule has 0 saturated carbocycles. The van der Waals surface area contributed by atoms with Crippen molar-refractivity contribution in [2.45, 2.75) is 19.4 Å². The molecule has 0 radical (unpaired) electrons. The van der Waals surface area contributed by atoms with E-state index in [1.54, 1.807) is 12.1 Å². The largest absolute Gasteiger partial charge is 0.506 e. The zero-order valence-electron chi connectivity index (χ0n) is 8.84. The Morgan fingerprint density at radius 2 is 2.19 bits per heavy atom. The van der Waals surface area contributed by atoms with E-state index >= 15 is 0 Å². The van der Waals surface area contributed by atoms with E-state index in [4.69, 9.17) is 17.3 Å². The van der Waals surface area contributed by atoms with Crippen LogP contribution in [-0.2, 0) is 0 Å². The molecule has 0 aromatic heterocycles. The Labute approximate surface area is 115 Å². The topological polar surface area (TPSA) is 46.2 Å².